The van der Waals surface area contributed by atoms with E-state index < -0.39 is 6.04 Å². The van der Waals surface area contributed by atoms with Gasteiger partial charge in [-0.3, -0.25) is 0 Å². The summed E-state index contributed by atoms with van der Waals surface area (Å²) < 4.78 is 10.6. The van der Waals surface area contributed by atoms with Crippen LogP contribution in [0.15, 0.2) is 24.3 Å². The van der Waals surface area contributed by atoms with Crippen LogP contribution in [-0.4, -0.2) is 25.7 Å². The third-order valence-electron chi connectivity index (χ3n) is 2.40. The van der Waals surface area contributed by atoms with Crippen LogP contribution in [0.3, 0.4) is 0 Å². The van der Waals surface area contributed by atoms with E-state index in [0.29, 0.717) is 6.61 Å². The lowest BCUT2D eigenvalue weighted by Crippen LogP contribution is -2.27. The van der Waals surface area contributed by atoms with E-state index in [1.54, 1.807) is 14.0 Å². The van der Waals surface area contributed by atoms with Crippen molar-refractivity contribution < 1.29 is 14.3 Å². The highest BCUT2D eigenvalue weighted by Crippen LogP contribution is 2.19. The van der Waals surface area contributed by atoms with Crippen molar-refractivity contribution in [2.75, 3.05) is 13.7 Å². The topological polar surface area (TPSA) is 47.6 Å². The molecule has 1 rings (SSSR count). The summed E-state index contributed by atoms with van der Waals surface area (Å²) in [7, 11) is 1.74. The van der Waals surface area contributed by atoms with Gasteiger partial charge in [-0.05, 0) is 45.5 Å². The maximum atomic E-state index is 11.7. The fourth-order valence-electron chi connectivity index (χ4n) is 1.66. The molecule has 0 radical (unpaired) electrons. The molecular formula is C14H21NO3. The van der Waals surface area contributed by atoms with Crippen LogP contribution in [0, 0.1) is 0 Å². The molecule has 100 valence electrons. The number of carbonyl (C=O) groups excluding carboxylic acids is 1. The van der Waals surface area contributed by atoms with E-state index in [1.807, 2.05) is 38.1 Å². The maximum Gasteiger partial charge on any atom is 0.327 e. The van der Waals surface area contributed by atoms with Crippen molar-refractivity contribution in [3.63, 3.8) is 0 Å². The van der Waals surface area contributed by atoms with Crippen molar-refractivity contribution in [1.29, 1.82) is 0 Å². The molecule has 1 aromatic rings. The van der Waals surface area contributed by atoms with Crippen LogP contribution < -0.4 is 10.1 Å². The molecule has 0 saturated carbocycles. The first-order chi connectivity index (χ1) is 8.58. The molecule has 0 fully saturated rings. The molecule has 0 aliphatic rings. The summed E-state index contributed by atoms with van der Waals surface area (Å²) in [5.74, 6) is 0.532. The van der Waals surface area contributed by atoms with Crippen molar-refractivity contribution in [2.24, 2.45) is 0 Å². The minimum atomic E-state index is -0.432. The Labute approximate surface area is 108 Å². The van der Waals surface area contributed by atoms with Gasteiger partial charge in [0.2, 0.25) is 0 Å². The zero-order valence-corrected chi connectivity index (χ0v) is 11.4. The number of nitrogens with one attached hydrogen (secondary N) is 1. The number of esters is 1. The lowest BCUT2D eigenvalue weighted by atomic mass is 10.1. The molecule has 4 nitrogen and oxygen atoms in total. The molecular weight excluding hydrogens is 230 g/mol. The number of carbonyl (C=O) groups is 1. The second kappa shape index (κ2) is 7.01. The fourth-order valence-corrected chi connectivity index (χ4v) is 1.66. The van der Waals surface area contributed by atoms with Gasteiger partial charge >= 0.3 is 5.97 Å². The highest BCUT2D eigenvalue weighted by Gasteiger charge is 2.19. The minimum Gasteiger partial charge on any atom is -0.491 e. The Bertz CT molecular complexity index is 373. The van der Waals surface area contributed by atoms with Gasteiger partial charge in [0.1, 0.15) is 11.8 Å². The average Bonchev–Trinajstić information content (AvgIpc) is 2.32. The van der Waals surface area contributed by atoms with Crippen molar-refractivity contribution in [1.82, 2.24) is 5.32 Å². The van der Waals surface area contributed by atoms with Crippen molar-refractivity contribution >= 4 is 5.97 Å². The molecule has 1 N–H and O–H groups in total. The Kier molecular flexibility index (Phi) is 5.65. The molecule has 18 heavy (non-hydrogen) atoms. The molecule has 0 aliphatic carbocycles. The molecule has 0 bridgehead atoms. The number of hydrogen-bond acceptors (Lipinski definition) is 4. The van der Waals surface area contributed by atoms with Gasteiger partial charge < -0.3 is 14.8 Å². The van der Waals surface area contributed by atoms with Gasteiger partial charge in [0.25, 0.3) is 0 Å². The van der Waals surface area contributed by atoms with Crippen molar-refractivity contribution in [3.8, 4) is 5.75 Å². The summed E-state index contributed by atoms with van der Waals surface area (Å²) in [6.07, 6.45) is 0.140. The molecule has 0 spiro atoms. The maximum absolute atomic E-state index is 11.7. The standard InChI is InChI=1S/C14H21NO3/c1-5-17-14(16)13(15-4)11-6-8-12(9-7-11)18-10(2)3/h6-10,13,15H,5H2,1-4H3. The predicted octanol–water partition coefficient (Wildman–Crippen LogP) is 2.30. The van der Waals surface area contributed by atoms with Gasteiger partial charge in [-0.15, -0.1) is 0 Å². The molecule has 1 atom stereocenters. The number of rotatable bonds is 6. The SMILES string of the molecule is CCOC(=O)C(NC)c1ccc(OC(C)C)cc1. The van der Waals surface area contributed by atoms with Crippen LogP contribution in [0.2, 0.25) is 0 Å². The summed E-state index contributed by atoms with van der Waals surface area (Å²) in [6.45, 7) is 6.13. The molecule has 0 saturated heterocycles. The summed E-state index contributed by atoms with van der Waals surface area (Å²) in [5, 5.41) is 2.95. The molecule has 0 amide bonds. The third-order valence-corrected chi connectivity index (χ3v) is 2.40. The van der Waals surface area contributed by atoms with E-state index in [2.05, 4.69) is 5.32 Å². The van der Waals surface area contributed by atoms with E-state index in [-0.39, 0.29) is 12.1 Å². The molecule has 1 aromatic carbocycles. The van der Waals surface area contributed by atoms with Crippen molar-refractivity contribution in [3.05, 3.63) is 29.8 Å². The van der Waals surface area contributed by atoms with E-state index >= 15 is 0 Å². The first-order valence-electron chi connectivity index (χ1n) is 6.19. The van der Waals surface area contributed by atoms with Crippen LogP contribution in [0.5, 0.6) is 5.75 Å². The third kappa shape index (κ3) is 4.04. The fraction of sp³-hybridized carbons (Fsp3) is 0.500. The van der Waals surface area contributed by atoms with Gasteiger partial charge in [0.15, 0.2) is 0 Å². The zero-order chi connectivity index (χ0) is 13.5. The van der Waals surface area contributed by atoms with Crippen LogP contribution in [-0.2, 0) is 9.53 Å². The van der Waals surface area contributed by atoms with Crippen LogP contribution in [0.1, 0.15) is 32.4 Å². The molecule has 0 heterocycles. The second-order valence-electron chi connectivity index (χ2n) is 4.21. The monoisotopic (exact) mass is 251 g/mol. The van der Waals surface area contributed by atoms with Gasteiger partial charge in [0.05, 0.1) is 12.7 Å². The van der Waals surface area contributed by atoms with Gasteiger partial charge in [-0.2, -0.15) is 0 Å². The van der Waals surface area contributed by atoms with Gasteiger partial charge in [-0.1, -0.05) is 12.1 Å². The molecule has 0 aliphatic heterocycles. The Hall–Kier alpha value is -1.55. The Morgan fingerprint density at radius 2 is 1.89 bits per heavy atom. The summed E-state index contributed by atoms with van der Waals surface area (Å²) in [4.78, 5) is 11.7. The predicted molar refractivity (Wildman–Crippen MR) is 70.6 cm³/mol. The van der Waals surface area contributed by atoms with E-state index in [9.17, 15) is 4.79 Å². The molecule has 1 unspecified atom stereocenters. The minimum absolute atomic E-state index is 0.140. The van der Waals surface area contributed by atoms with Gasteiger partial charge in [0, 0.05) is 0 Å². The zero-order valence-electron chi connectivity index (χ0n) is 11.4. The normalized spacial score (nSPS) is 12.3. The lowest BCUT2D eigenvalue weighted by molar-refractivity contribution is -0.145. The van der Waals surface area contributed by atoms with Gasteiger partial charge in [-0.25, -0.2) is 4.79 Å². The largest absolute Gasteiger partial charge is 0.491 e. The van der Waals surface area contributed by atoms with Crippen LogP contribution in [0.4, 0.5) is 0 Å². The Balaban J connectivity index is 2.78. The quantitative estimate of drug-likeness (QED) is 0.788. The number of likely N-dealkylation sites (N-methyl/N-ethyl adjacent to an activating group) is 1. The van der Waals surface area contributed by atoms with E-state index in [1.165, 1.54) is 0 Å². The number of ether oxygens (including phenoxy) is 2. The number of hydrogen-bond donors (Lipinski definition) is 1. The first-order valence-corrected chi connectivity index (χ1v) is 6.19. The van der Waals surface area contributed by atoms with Crippen LogP contribution in [0.25, 0.3) is 0 Å². The molecule has 0 aromatic heterocycles. The summed E-state index contributed by atoms with van der Waals surface area (Å²) in [6, 6.07) is 7.03. The highest BCUT2D eigenvalue weighted by molar-refractivity contribution is 5.77. The van der Waals surface area contributed by atoms with E-state index in [4.69, 9.17) is 9.47 Å². The summed E-state index contributed by atoms with van der Waals surface area (Å²) >= 11 is 0. The smallest absolute Gasteiger partial charge is 0.327 e. The van der Waals surface area contributed by atoms with E-state index in [0.717, 1.165) is 11.3 Å². The average molecular weight is 251 g/mol. The first kappa shape index (κ1) is 14.5. The van der Waals surface area contributed by atoms with Crippen LogP contribution >= 0.6 is 0 Å². The molecule has 4 heteroatoms. The lowest BCUT2D eigenvalue weighted by Gasteiger charge is -2.16. The highest BCUT2D eigenvalue weighted by atomic mass is 16.5. The number of benzene rings is 1. The Morgan fingerprint density at radius 3 is 2.33 bits per heavy atom. The summed E-state index contributed by atoms with van der Waals surface area (Å²) in [5.41, 5.74) is 0.868. The second-order valence-corrected chi connectivity index (χ2v) is 4.21. The Morgan fingerprint density at radius 1 is 1.28 bits per heavy atom. The van der Waals surface area contributed by atoms with Crippen molar-refractivity contribution in [2.45, 2.75) is 32.9 Å².